The minimum atomic E-state index is 0.0321. The number of nitrogens with zero attached hydrogens (tertiary/aromatic N) is 1. The summed E-state index contributed by atoms with van der Waals surface area (Å²) in [5.41, 5.74) is 3.73. The van der Waals surface area contributed by atoms with E-state index < -0.39 is 0 Å². The first-order valence-corrected chi connectivity index (χ1v) is 10.1. The van der Waals surface area contributed by atoms with Crippen molar-refractivity contribution in [1.29, 1.82) is 0 Å². The molecule has 0 spiro atoms. The van der Waals surface area contributed by atoms with Gasteiger partial charge in [0, 0.05) is 19.4 Å². The summed E-state index contributed by atoms with van der Waals surface area (Å²) in [5.74, 6) is 0.788. The van der Waals surface area contributed by atoms with Gasteiger partial charge in [-0.15, -0.1) is 0 Å². The highest BCUT2D eigenvalue weighted by molar-refractivity contribution is 5.18. The summed E-state index contributed by atoms with van der Waals surface area (Å²) in [6, 6.07) is 10.6. The average Bonchev–Trinajstić information content (AvgIpc) is 2.78. The van der Waals surface area contributed by atoms with Crippen LogP contribution < -0.4 is 10.8 Å². The van der Waals surface area contributed by atoms with Crippen LogP contribution in [0.2, 0.25) is 0 Å². The Labute approximate surface area is 157 Å². The molecule has 1 heterocycles. The van der Waals surface area contributed by atoms with Crippen LogP contribution in [0.25, 0.3) is 0 Å². The maximum atomic E-state index is 11.3. The van der Waals surface area contributed by atoms with Crippen LogP contribution in [0.4, 0.5) is 0 Å². The third-order valence-corrected chi connectivity index (χ3v) is 5.59. The van der Waals surface area contributed by atoms with Crippen molar-refractivity contribution in [2.45, 2.75) is 57.7 Å². The summed E-state index contributed by atoms with van der Waals surface area (Å²) in [4.78, 5) is 6.30. The fourth-order valence-corrected chi connectivity index (χ4v) is 3.78. The van der Waals surface area contributed by atoms with Gasteiger partial charge in [-0.2, -0.15) is 5.06 Å². The SMILES string of the molecule is CC1CC=C(CON2CCC([NH2+][O-])CCCNC2c2ccccc2)CC1. The molecule has 5 nitrogen and oxygen atoms in total. The molecular formula is C21H33N3O2. The molecule has 26 heavy (non-hydrogen) atoms. The molecule has 3 unspecified atom stereocenters. The zero-order valence-electron chi connectivity index (χ0n) is 15.9. The van der Waals surface area contributed by atoms with Gasteiger partial charge in [0.15, 0.2) is 0 Å². The van der Waals surface area contributed by atoms with Gasteiger partial charge in [0.25, 0.3) is 0 Å². The number of benzene rings is 1. The molecule has 3 atom stereocenters. The molecule has 5 heteroatoms. The predicted molar refractivity (Wildman–Crippen MR) is 104 cm³/mol. The van der Waals surface area contributed by atoms with Crippen LogP contribution in [0.5, 0.6) is 0 Å². The van der Waals surface area contributed by atoms with E-state index in [1.54, 1.807) is 0 Å². The molecule has 3 N–H and O–H groups in total. The van der Waals surface area contributed by atoms with E-state index >= 15 is 0 Å². The second-order valence-electron chi connectivity index (χ2n) is 7.75. The third kappa shape index (κ3) is 5.63. The van der Waals surface area contributed by atoms with Crippen molar-refractivity contribution in [1.82, 2.24) is 10.4 Å². The Balaban J connectivity index is 1.70. The predicted octanol–water partition coefficient (Wildman–Crippen LogP) is 2.87. The number of allylic oxidation sites excluding steroid dienone is 1. The molecular weight excluding hydrogens is 326 g/mol. The minimum Gasteiger partial charge on any atom is -0.636 e. The third-order valence-electron chi connectivity index (χ3n) is 5.59. The van der Waals surface area contributed by atoms with Crippen molar-refractivity contribution in [2.24, 2.45) is 5.92 Å². The smallest absolute Gasteiger partial charge is 0.110 e. The molecule has 0 saturated carbocycles. The number of hydrogen-bond donors (Lipinski definition) is 2. The number of rotatable bonds is 5. The highest BCUT2D eigenvalue weighted by Crippen LogP contribution is 2.25. The minimum absolute atomic E-state index is 0.0321. The molecule has 2 aliphatic rings. The second-order valence-corrected chi connectivity index (χ2v) is 7.75. The van der Waals surface area contributed by atoms with Gasteiger partial charge in [-0.1, -0.05) is 43.3 Å². The lowest BCUT2D eigenvalue weighted by Crippen LogP contribution is -2.84. The van der Waals surface area contributed by atoms with Gasteiger partial charge in [-0.05, 0) is 49.3 Å². The lowest BCUT2D eigenvalue weighted by Gasteiger charge is -2.32. The van der Waals surface area contributed by atoms with E-state index in [1.807, 2.05) is 6.07 Å². The molecule has 1 aromatic rings. The monoisotopic (exact) mass is 359 g/mol. The summed E-state index contributed by atoms with van der Waals surface area (Å²) < 4.78 is 0. The summed E-state index contributed by atoms with van der Waals surface area (Å²) in [7, 11) is 0. The van der Waals surface area contributed by atoms with Crippen molar-refractivity contribution in [2.75, 3.05) is 19.7 Å². The average molecular weight is 360 g/mol. The van der Waals surface area contributed by atoms with Crippen molar-refractivity contribution in [3.8, 4) is 0 Å². The van der Waals surface area contributed by atoms with Crippen LogP contribution in [0.1, 0.15) is 57.2 Å². The quantitative estimate of drug-likeness (QED) is 0.627. The standard InChI is InChI=1S/C21H33N3O2/c1-17-9-11-18(12-10-17)16-26-24-15-13-20(23-25)8-5-14-22-21(24)19-6-3-2-4-7-19/h2-4,6-7,11,17,20-22H,5,8-10,12-16,23H2,1H3. The molecule has 144 valence electrons. The van der Waals surface area contributed by atoms with Crippen molar-refractivity contribution in [3.63, 3.8) is 0 Å². The van der Waals surface area contributed by atoms with E-state index in [1.165, 1.54) is 17.6 Å². The summed E-state index contributed by atoms with van der Waals surface area (Å²) in [6.45, 7) is 4.62. The lowest BCUT2D eigenvalue weighted by atomic mass is 9.91. The Morgan fingerprint density at radius 3 is 2.81 bits per heavy atom. The normalized spacial score (nSPS) is 28.7. The van der Waals surface area contributed by atoms with Gasteiger partial charge in [-0.25, -0.2) is 0 Å². The molecule has 1 aromatic carbocycles. The molecule has 0 aromatic heterocycles. The second kappa shape index (κ2) is 10.2. The number of quaternary nitrogens is 1. The Morgan fingerprint density at radius 2 is 2.08 bits per heavy atom. The Bertz CT molecular complexity index is 564. The summed E-state index contributed by atoms with van der Waals surface area (Å²) in [5, 5.41) is 17.0. The largest absolute Gasteiger partial charge is 0.636 e. The highest BCUT2D eigenvalue weighted by atomic mass is 16.7. The van der Waals surface area contributed by atoms with E-state index in [9.17, 15) is 5.21 Å². The molecule has 1 saturated heterocycles. The number of nitrogens with two attached hydrogens (primary N) is 1. The van der Waals surface area contributed by atoms with Crippen molar-refractivity contribution in [3.05, 3.63) is 52.8 Å². The topological polar surface area (TPSA) is 64.2 Å². The molecule has 1 fully saturated rings. The summed E-state index contributed by atoms with van der Waals surface area (Å²) in [6.07, 6.45) is 8.75. The van der Waals surface area contributed by atoms with Gasteiger partial charge in [-0.3, -0.25) is 10.2 Å². The fourth-order valence-electron chi connectivity index (χ4n) is 3.78. The van der Waals surface area contributed by atoms with Gasteiger partial charge >= 0.3 is 0 Å². The van der Waals surface area contributed by atoms with Gasteiger partial charge < -0.3 is 10.7 Å². The van der Waals surface area contributed by atoms with Gasteiger partial charge in [0.1, 0.15) is 6.17 Å². The zero-order valence-corrected chi connectivity index (χ0v) is 15.9. The van der Waals surface area contributed by atoms with Crippen molar-refractivity contribution < 1.29 is 10.3 Å². The zero-order chi connectivity index (χ0) is 18.2. The van der Waals surface area contributed by atoms with E-state index in [-0.39, 0.29) is 12.2 Å². The number of nitrogens with one attached hydrogen (secondary N) is 1. The highest BCUT2D eigenvalue weighted by Gasteiger charge is 2.25. The Morgan fingerprint density at radius 1 is 1.23 bits per heavy atom. The van der Waals surface area contributed by atoms with E-state index in [4.69, 9.17) is 4.84 Å². The van der Waals surface area contributed by atoms with Crippen LogP contribution in [0.15, 0.2) is 42.0 Å². The Hall–Kier alpha value is -1.24. The van der Waals surface area contributed by atoms with Gasteiger partial charge in [0.05, 0.1) is 12.6 Å². The first kappa shape index (κ1) is 19.5. The first-order valence-electron chi connectivity index (χ1n) is 10.1. The van der Waals surface area contributed by atoms with E-state index in [0.717, 1.165) is 56.6 Å². The molecule has 1 aliphatic carbocycles. The molecule has 0 radical (unpaired) electrons. The molecule has 0 amide bonds. The summed E-state index contributed by atoms with van der Waals surface area (Å²) >= 11 is 0. The van der Waals surface area contributed by atoms with Crippen LogP contribution in [0, 0.1) is 11.1 Å². The molecule has 1 aliphatic heterocycles. The first-order chi connectivity index (χ1) is 12.8. The van der Waals surface area contributed by atoms with Crippen LogP contribution in [-0.4, -0.2) is 30.8 Å². The van der Waals surface area contributed by atoms with E-state index in [0.29, 0.717) is 6.61 Å². The van der Waals surface area contributed by atoms with E-state index in [2.05, 4.69) is 47.6 Å². The maximum Gasteiger partial charge on any atom is 0.110 e. The van der Waals surface area contributed by atoms with Crippen LogP contribution in [0.3, 0.4) is 0 Å². The maximum absolute atomic E-state index is 11.3. The fraction of sp³-hybridized carbons (Fsp3) is 0.619. The van der Waals surface area contributed by atoms with Crippen LogP contribution in [-0.2, 0) is 4.84 Å². The van der Waals surface area contributed by atoms with Crippen LogP contribution >= 0.6 is 0 Å². The van der Waals surface area contributed by atoms with Gasteiger partial charge in [0.2, 0.25) is 0 Å². The number of hydrogen-bond acceptors (Lipinski definition) is 4. The Kier molecular flexibility index (Phi) is 7.65. The van der Waals surface area contributed by atoms with Crippen molar-refractivity contribution >= 4 is 0 Å². The number of hydroxylamine groups is 3. The lowest BCUT2D eigenvalue weighted by molar-refractivity contribution is -0.629. The molecule has 0 bridgehead atoms. The molecule has 3 rings (SSSR count).